The zero-order valence-electron chi connectivity index (χ0n) is 8.27. The molecule has 0 radical (unpaired) electrons. The first-order valence-electron chi connectivity index (χ1n) is 5.31. The Balaban J connectivity index is 0.000000179. The van der Waals surface area contributed by atoms with Gasteiger partial charge in [0.15, 0.2) is 0 Å². The minimum Gasteiger partial charge on any atom is -0.0656 e. The van der Waals surface area contributed by atoms with Crippen LogP contribution in [0.15, 0.2) is 0 Å². The van der Waals surface area contributed by atoms with Gasteiger partial charge in [-0.15, -0.1) is 0 Å². The lowest BCUT2D eigenvalue weighted by atomic mass is 10.0. The second-order valence-electron chi connectivity index (χ2n) is 4.21. The maximum Gasteiger partial charge on any atom is -0.0380 e. The quantitative estimate of drug-likeness (QED) is 0.538. The number of hydrogen-bond acceptors (Lipinski definition) is 0. The molecule has 2 saturated carbocycles. The van der Waals surface area contributed by atoms with E-state index in [-0.39, 0.29) is 0 Å². The number of fused-ring (bicyclic) bond motifs is 1. The summed E-state index contributed by atoms with van der Waals surface area (Å²) in [6.45, 7) is 6.58. The van der Waals surface area contributed by atoms with Gasteiger partial charge in [-0.25, -0.2) is 0 Å². The highest BCUT2D eigenvalue weighted by molar-refractivity contribution is 4.95. The molecule has 0 heterocycles. The van der Waals surface area contributed by atoms with Crippen LogP contribution in [0.4, 0.5) is 0 Å². The van der Waals surface area contributed by atoms with Crippen LogP contribution in [0, 0.1) is 17.8 Å². The third kappa shape index (κ3) is 2.50. The Morgan fingerprint density at radius 3 is 1.64 bits per heavy atom. The molecule has 0 nitrogen and oxygen atoms in total. The van der Waals surface area contributed by atoms with Gasteiger partial charge in [0, 0.05) is 0 Å². The third-order valence-corrected chi connectivity index (χ3v) is 2.92. The van der Waals surface area contributed by atoms with E-state index in [4.69, 9.17) is 0 Å². The smallest absolute Gasteiger partial charge is 0.0380 e. The molecule has 11 heavy (non-hydrogen) atoms. The summed E-state index contributed by atoms with van der Waals surface area (Å²) >= 11 is 0. The van der Waals surface area contributed by atoms with Crippen LogP contribution in [0.3, 0.4) is 0 Å². The maximum atomic E-state index is 2.33. The van der Waals surface area contributed by atoms with Crippen molar-refractivity contribution in [3.05, 3.63) is 0 Å². The van der Waals surface area contributed by atoms with Crippen LogP contribution >= 0.6 is 0 Å². The first-order valence-corrected chi connectivity index (χ1v) is 5.31. The van der Waals surface area contributed by atoms with E-state index in [2.05, 4.69) is 20.8 Å². The highest BCUT2D eigenvalue weighted by Gasteiger charge is 2.44. The predicted molar refractivity (Wildman–Crippen MR) is 50.6 cm³/mol. The van der Waals surface area contributed by atoms with Crippen molar-refractivity contribution in [2.45, 2.75) is 52.9 Å². The van der Waals surface area contributed by atoms with E-state index in [9.17, 15) is 0 Å². The fraction of sp³-hybridized carbons (Fsp3) is 1.00. The standard InChI is InChI=1S/C8H14.C3H8/c1-2-6-3-7-5-8(7)4-6;1-3-2/h6-8H,2-5H2,1H3;3H2,1-2H3. The van der Waals surface area contributed by atoms with Crippen molar-refractivity contribution in [1.82, 2.24) is 0 Å². The molecule has 0 N–H and O–H groups in total. The van der Waals surface area contributed by atoms with E-state index in [1.807, 2.05) is 0 Å². The van der Waals surface area contributed by atoms with E-state index in [0.717, 1.165) is 5.92 Å². The second-order valence-corrected chi connectivity index (χ2v) is 4.21. The largest absolute Gasteiger partial charge is 0.0656 e. The van der Waals surface area contributed by atoms with Gasteiger partial charge in [0.25, 0.3) is 0 Å². The molecular formula is C11H22. The Morgan fingerprint density at radius 2 is 1.36 bits per heavy atom. The van der Waals surface area contributed by atoms with Gasteiger partial charge >= 0.3 is 0 Å². The molecule has 0 aromatic heterocycles. The molecule has 2 atom stereocenters. The van der Waals surface area contributed by atoms with Crippen LogP contribution in [0.25, 0.3) is 0 Å². The Morgan fingerprint density at radius 1 is 0.909 bits per heavy atom. The molecule has 2 unspecified atom stereocenters. The summed E-state index contributed by atoms with van der Waals surface area (Å²) in [7, 11) is 0. The number of rotatable bonds is 1. The fourth-order valence-corrected chi connectivity index (χ4v) is 2.17. The lowest BCUT2D eigenvalue weighted by Gasteiger charge is -2.04. The van der Waals surface area contributed by atoms with Crippen molar-refractivity contribution in [3.8, 4) is 0 Å². The molecule has 2 rings (SSSR count). The monoisotopic (exact) mass is 154 g/mol. The lowest BCUT2D eigenvalue weighted by molar-refractivity contribution is 0.473. The second kappa shape index (κ2) is 4.13. The molecular weight excluding hydrogens is 132 g/mol. The van der Waals surface area contributed by atoms with Crippen molar-refractivity contribution in [1.29, 1.82) is 0 Å². The van der Waals surface area contributed by atoms with Crippen LogP contribution < -0.4 is 0 Å². The zero-order valence-corrected chi connectivity index (χ0v) is 8.27. The summed E-state index contributed by atoms with van der Waals surface area (Å²) in [6, 6.07) is 0. The lowest BCUT2D eigenvalue weighted by Crippen LogP contribution is -1.92. The Kier molecular flexibility index (Phi) is 3.42. The van der Waals surface area contributed by atoms with Gasteiger partial charge in [0.2, 0.25) is 0 Å². The average Bonchev–Trinajstić information content (AvgIpc) is 2.61. The molecule has 2 aliphatic carbocycles. The van der Waals surface area contributed by atoms with Crippen molar-refractivity contribution < 1.29 is 0 Å². The minimum atomic E-state index is 1.12. The van der Waals surface area contributed by atoms with Gasteiger partial charge in [-0.1, -0.05) is 33.6 Å². The van der Waals surface area contributed by atoms with Crippen molar-refractivity contribution in [2.75, 3.05) is 0 Å². The highest BCUT2D eigenvalue weighted by Crippen LogP contribution is 2.54. The first-order chi connectivity index (χ1) is 5.31. The van der Waals surface area contributed by atoms with Crippen LogP contribution in [0.2, 0.25) is 0 Å². The van der Waals surface area contributed by atoms with E-state index in [0.29, 0.717) is 0 Å². The summed E-state index contributed by atoms with van der Waals surface area (Å²) in [6.07, 6.45) is 7.41. The van der Waals surface area contributed by atoms with E-state index in [1.165, 1.54) is 24.7 Å². The normalized spacial score (nSPS) is 39.0. The van der Waals surface area contributed by atoms with Crippen molar-refractivity contribution in [2.24, 2.45) is 17.8 Å². The molecule has 0 aromatic rings. The third-order valence-electron chi connectivity index (χ3n) is 2.92. The fourth-order valence-electron chi connectivity index (χ4n) is 2.17. The van der Waals surface area contributed by atoms with Crippen LogP contribution in [-0.2, 0) is 0 Å². The van der Waals surface area contributed by atoms with Gasteiger partial charge in [-0.2, -0.15) is 0 Å². The van der Waals surface area contributed by atoms with Crippen LogP contribution in [0.1, 0.15) is 52.9 Å². The van der Waals surface area contributed by atoms with Gasteiger partial charge in [-0.05, 0) is 37.0 Å². The molecule has 66 valence electrons. The first kappa shape index (κ1) is 9.09. The van der Waals surface area contributed by atoms with Gasteiger partial charge in [-0.3, -0.25) is 0 Å². The van der Waals surface area contributed by atoms with Crippen LogP contribution in [-0.4, -0.2) is 0 Å². The number of hydrogen-bond donors (Lipinski definition) is 0. The molecule has 0 amide bonds. The maximum absolute atomic E-state index is 2.33. The Hall–Kier alpha value is 0. The minimum absolute atomic E-state index is 1.12. The van der Waals surface area contributed by atoms with Gasteiger partial charge < -0.3 is 0 Å². The molecule has 0 aromatic carbocycles. The summed E-state index contributed by atoms with van der Waals surface area (Å²) in [5.74, 6) is 3.51. The SMILES string of the molecule is CCC.CCC1CC2CC2C1. The summed E-state index contributed by atoms with van der Waals surface area (Å²) in [5.41, 5.74) is 0. The topological polar surface area (TPSA) is 0 Å². The molecule has 0 saturated heterocycles. The molecule has 2 aliphatic rings. The van der Waals surface area contributed by atoms with E-state index in [1.54, 1.807) is 19.3 Å². The Labute approximate surface area is 71.4 Å². The molecule has 0 aliphatic heterocycles. The van der Waals surface area contributed by atoms with Crippen molar-refractivity contribution >= 4 is 0 Å². The summed E-state index contributed by atoms with van der Waals surface area (Å²) in [4.78, 5) is 0. The van der Waals surface area contributed by atoms with Gasteiger partial charge in [0.05, 0.1) is 0 Å². The highest BCUT2D eigenvalue weighted by atomic mass is 14.5. The Bertz CT molecular complexity index is 96.6. The van der Waals surface area contributed by atoms with Crippen LogP contribution in [0.5, 0.6) is 0 Å². The predicted octanol–water partition coefficient (Wildman–Crippen LogP) is 3.86. The zero-order chi connectivity index (χ0) is 8.27. The van der Waals surface area contributed by atoms with Crippen molar-refractivity contribution in [3.63, 3.8) is 0 Å². The van der Waals surface area contributed by atoms with E-state index >= 15 is 0 Å². The average molecular weight is 154 g/mol. The summed E-state index contributed by atoms with van der Waals surface area (Å²) < 4.78 is 0. The molecule has 0 spiro atoms. The van der Waals surface area contributed by atoms with E-state index < -0.39 is 0 Å². The molecule has 2 fully saturated rings. The van der Waals surface area contributed by atoms with Gasteiger partial charge in [0.1, 0.15) is 0 Å². The molecule has 0 bridgehead atoms. The molecule has 0 heteroatoms. The summed E-state index contributed by atoms with van der Waals surface area (Å²) in [5, 5.41) is 0.